The summed E-state index contributed by atoms with van der Waals surface area (Å²) in [5.41, 5.74) is 5.95. The maximum Gasteiger partial charge on any atom is 2.00 e. The average Bonchev–Trinajstić information content (AvgIpc) is 3.56. The van der Waals surface area contributed by atoms with E-state index in [1.807, 2.05) is 91.1 Å². The predicted octanol–water partition coefficient (Wildman–Crippen LogP) is 6.75. The van der Waals surface area contributed by atoms with E-state index >= 15 is 0 Å². The molecule has 0 aliphatic carbocycles. The molecule has 0 spiro atoms. The van der Waals surface area contributed by atoms with Gasteiger partial charge in [0.1, 0.15) is 11.5 Å². The minimum Gasteiger partial charge on any atom is -0.481 e. The molecule has 0 amide bonds. The van der Waals surface area contributed by atoms with Crippen molar-refractivity contribution in [1.82, 2.24) is 14.8 Å². The standard InChI is InChI=1S/C28H18N4O.Pt/c1-2-10-22(11-3-1)32(25-14-7-12-23(20-25)31-18-8-17-29-31)24-13-6-9-21(19-24)28-30-26-15-4-5-16-27(26)33-28;/h1-18H;/q-2;+2. The average molecular weight is 622 g/mol. The Balaban J connectivity index is 0.00000241. The van der Waals surface area contributed by atoms with Gasteiger partial charge in [0.05, 0.1) is 5.52 Å². The third-order valence-corrected chi connectivity index (χ3v) is 5.32. The number of hydrogen-bond donors (Lipinski definition) is 0. The van der Waals surface area contributed by atoms with Crippen LogP contribution in [0.3, 0.4) is 0 Å². The molecule has 5 nitrogen and oxygen atoms in total. The minimum atomic E-state index is 0. The van der Waals surface area contributed by atoms with Crippen LogP contribution in [0.1, 0.15) is 0 Å². The zero-order valence-corrected chi connectivity index (χ0v) is 20.2. The van der Waals surface area contributed by atoms with Gasteiger partial charge in [-0.2, -0.15) is 11.2 Å². The SMILES string of the molecule is [Pt+2].[c-]1c(-c2nc3ccccc3o2)cccc1N(c1[c-]c(-n2cccn2)ccc1)c1ccccc1. The third-order valence-electron chi connectivity index (χ3n) is 5.32. The quantitative estimate of drug-likeness (QED) is 0.200. The normalized spacial score (nSPS) is 10.7. The summed E-state index contributed by atoms with van der Waals surface area (Å²) < 4.78 is 7.78. The van der Waals surface area contributed by atoms with Crippen molar-refractivity contribution in [2.75, 3.05) is 4.90 Å². The Hall–Kier alpha value is -3.95. The molecular weight excluding hydrogens is 603 g/mol. The van der Waals surface area contributed by atoms with Gasteiger partial charge in [0.25, 0.3) is 0 Å². The molecule has 0 N–H and O–H groups in total. The van der Waals surface area contributed by atoms with Gasteiger partial charge in [0.2, 0.25) is 0 Å². The van der Waals surface area contributed by atoms with Crippen molar-refractivity contribution in [2.45, 2.75) is 0 Å². The van der Waals surface area contributed by atoms with Crippen molar-refractivity contribution < 1.29 is 25.5 Å². The summed E-state index contributed by atoms with van der Waals surface area (Å²) in [5.74, 6) is 0.542. The smallest absolute Gasteiger partial charge is 0.481 e. The Kier molecular flexibility index (Phi) is 6.11. The summed E-state index contributed by atoms with van der Waals surface area (Å²) in [6, 6.07) is 38.8. The van der Waals surface area contributed by atoms with Crippen LogP contribution in [0.15, 0.2) is 114 Å². The van der Waals surface area contributed by atoms with Crippen molar-refractivity contribution >= 4 is 28.2 Å². The fourth-order valence-corrected chi connectivity index (χ4v) is 3.80. The second-order valence-electron chi connectivity index (χ2n) is 7.48. The molecular formula is C28H18N4OPt. The van der Waals surface area contributed by atoms with Crippen LogP contribution < -0.4 is 4.90 Å². The second-order valence-corrected chi connectivity index (χ2v) is 7.48. The first-order valence-corrected chi connectivity index (χ1v) is 10.6. The first-order valence-electron chi connectivity index (χ1n) is 10.6. The van der Waals surface area contributed by atoms with E-state index in [-0.39, 0.29) is 21.1 Å². The molecule has 0 atom stereocenters. The van der Waals surface area contributed by atoms with E-state index < -0.39 is 0 Å². The van der Waals surface area contributed by atoms with Gasteiger partial charge in [-0.3, -0.25) is 9.67 Å². The summed E-state index contributed by atoms with van der Waals surface area (Å²) >= 11 is 0. The van der Waals surface area contributed by atoms with E-state index in [0.29, 0.717) is 5.89 Å². The van der Waals surface area contributed by atoms with Crippen molar-refractivity contribution in [3.63, 3.8) is 0 Å². The van der Waals surface area contributed by atoms with Crippen LogP contribution in [0, 0.1) is 12.1 Å². The summed E-state index contributed by atoms with van der Waals surface area (Å²) in [4.78, 5) is 6.75. The van der Waals surface area contributed by atoms with E-state index in [9.17, 15) is 0 Å². The van der Waals surface area contributed by atoms with Crippen LogP contribution in [0.4, 0.5) is 17.1 Å². The molecule has 6 aromatic rings. The molecule has 2 aromatic heterocycles. The van der Waals surface area contributed by atoms with Crippen molar-refractivity contribution in [3.05, 3.63) is 122 Å². The Labute approximate surface area is 211 Å². The van der Waals surface area contributed by atoms with Gasteiger partial charge in [-0.25, -0.2) is 0 Å². The van der Waals surface area contributed by atoms with E-state index in [2.05, 4.69) is 39.2 Å². The van der Waals surface area contributed by atoms with E-state index in [1.165, 1.54) is 0 Å². The third kappa shape index (κ3) is 4.18. The molecule has 0 aliphatic rings. The predicted molar refractivity (Wildman–Crippen MR) is 129 cm³/mol. The van der Waals surface area contributed by atoms with Crippen LogP contribution in [0.25, 0.3) is 28.2 Å². The molecule has 6 rings (SSSR count). The first kappa shape index (κ1) is 21.9. The fourth-order valence-electron chi connectivity index (χ4n) is 3.80. The van der Waals surface area contributed by atoms with Crippen LogP contribution in [0.2, 0.25) is 0 Å². The zero-order chi connectivity index (χ0) is 22.0. The molecule has 0 radical (unpaired) electrons. The number of hydrogen-bond acceptors (Lipinski definition) is 4. The Morgan fingerprint density at radius 1 is 0.735 bits per heavy atom. The largest absolute Gasteiger partial charge is 2.00 e. The van der Waals surface area contributed by atoms with Crippen LogP contribution >= 0.6 is 0 Å². The van der Waals surface area contributed by atoms with E-state index in [4.69, 9.17) is 4.42 Å². The summed E-state index contributed by atoms with van der Waals surface area (Å²) in [5, 5.41) is 4.35. The van der Waals surface area contributed by atoms with Crippen molar-refractivity contribution in [1.29, 1.82) is 0 Å². The molecule has 6 heteroatoms. The Bertz CT molecular complexity index is 1490. The summed E-state index contributed by atoms with van der Waals surface area (Å²) in [6.45, 7) is 0. The van der Waals surface area contributed by atoms with Gasteiger partial charge >= 0.3 is 21.1 Å². The Morgan fingerprint density at radius 2 is 1.50 bits per heavy atom. The van der Waals surface area contributed by atoms with Gasteiger partial charge in [0, 0.05) is 18.1 Å². The Morgan fingerprint density at radius 3 is 2.29 bits per heavy atom. The second kappa shape index (κ2) is 9.50. The van der Waals surface area contributed by atoms with E-state index in [1.54, 1.807) is 10.9 Å². The number of para-hydroxylation sites is 3. The molecule has 2 heterocycles. The van der Waals surface area contributed by atoms with Crippen molar-refractivity contribution in [3.8, 4) is 17.1 Å². The van der Waals surface area contributed by atoms with Gasteiger partial charge in [-0.05, 0) is 41.7 Å². The molecule has 0 saturated carbocycles. The van der Waals surface area contributed by atoms with E-state index in [0.717, 1.165) is 39.4 Å². The molecule has 34 heavy (non-hydrogen) atoms. The molecule has 0 aliphatic heterocycles. The fraction of sp³-hybridized carbons (Fsp3) is 0. The van der Waals surface area contributed by atoms with Gasteiger partial charge in [-0.1, -0.05) is 41.6 Å². The van der Waals surface area contributed by atoms with Crippen molar-refractivity contribution in [2.24, 2.45) is 0 Å². The summed E-state index contributed by atoms with van der Waals surface area (Å²) in [6.07, 6.45) is 3.66. The number of aromatic nitrogens is 3. The zero-order valence-electron chi connectivity index (χ0n) is 17.9. The number of rotatable bonds is 5. The molecule has 0 unspecified atom stereocenters. The molecule has 0 bridgehead atoms. The first-order chi connectivity index (χ1) is 16.3. The van der Waals surface area contributed by atoms with Crippen LogP contribution in [-0.4, -0.2) is 14.8 Å². The minimum absolute atomic E-state index is 0. The molecule has 0 fully saturated rings. The molecule has 4 aromatic carbocycles. The van der Waals surface area contributed by atoms with Gasteiger partial charge in [-0.15, -0.1) is 42.5 Å². The number of fused-ring (bicyclic) bond motifs is 1. The topological polar surface area (TPSA) is 47.1 Å². The monoisotopic (exact) mass is 621 g/mol. The number of nitrogens with zero attached hydrogens (tertiary/aromatic N) is 4. The molecule has 166 valence electrons. The summed E-state index contributed by atoms with van der Waals surface area (Å²) in [7, 11) is 0. The van der Waals surface area contributed by atoms with Crippen LogP contribution in [-0.2, 0) is 21.1 Å². The maximum atomic E-state index is 5.99. The molecule has 0 saturated heterocycles. The van der Waals surface area contributed by atoms with Crippen LogP contribution in [0.5, 0.6) is 0 Å². The van der Waals surface area contributed by atoms with Gasteiger partial charge < -0.3 is 9.32 Å². The number of anilines is 3. The number of benzene rings is 4. The maximum absolute atomic E-state index is 5.99. The van der Waals surface area contributed by atoms with Gasteiger partial charge in [0.15, 0.2) is 0 Å². The number of oxazole rings is 1.